The molecule has 2 nitrogen and oxygen atoms in total. The van der Waals surface area contributed by atoms with E-state index in [1.54, 1.807) is 12.1 Å². The summed E-state index contributed by atoms with van der Waals surface area (Å²) in [5.41, 5.74) is 7.06. The van der Waals surface area contributed by atoms with E-state index in [4.69, 9.17) is 10.5 Å². The van der Waals surface area contributed by atoms with Gasteiger partial charge in [0.25, 0.3) is 0 Å². The molecule has 1 saturated carbocycles. The summed E-state index contributed by atoms with van der Waals surface area (Å²) >= 11 is 0. The van der Waals surface area contributed by atoms with Crippen molar-refractivity contribution in [1.82, 2.24) is 0 Å². The molecule has 88 valence electrons. The highest BCUT2D eigenvalue weighted by atomic mass is 19.1. The molecular formula is C13H18FNO. The molecule has 2 rings (SSSR count). The largest absolute Gasteiger partial charge is 0.377 e. The lowest BCUT2D eigenvalue weighted by Gasteiger charge is -2.06. The number of nitrogens with two attached hydrogens (primary N) is 1. The highest BCUT2D eigenvalue weighted by molar-refractivity contribution is 5.24. The predicted molar refractivity (Wildman–Crippen MR) is 61.3 cm³/mol. The Hall–Kier alpha value is -0.930. The van der Waals surface area contributed by atoms with Gasteiger partial charge in [-0.1, -0.05) is 18.9 Å². The maximum Gasteiger partial charge on any atom is 0.128 e. The van der Waals surface area contributed by atoms with E-state index in [1.165, 1.54) is 18.9 Å². The molecule has 1 aliphatic carbocycles. The van der Waals surface area contributed by atoms with Gasteiger partial charge in [-0.2, -0.15) is 0 Å². The van der Waals surface area contributed by atoms with E-state index in [0.29, 0.717) is 18.7 Å². The number of halogens is 1. The number of ether oxygens (including phenoxy) is 1. The van der Waals surface area contributed by atoms with Gasteiger partial charge in [-0.15, -0.1) is 0 Å². The Morgan fingerprint density at radius 3 is 2.88 bits per heavy atom. The van der Waals surface area contributed by atoms with Gasteiger partial charge in [0.15, 0.2) is 0 Å². The standard InChI is InChI=1S/C13H18FNO/c14-13-4-3-11(8-15)7-12(13)9-16-6-5-10-1-2-10/h3-4,7,10H,1-2,5-6,8-9,15H2. The summed E-state index contributed by atoms with van der Waals surface area (Å²) in [6.07, 6.45) is 3.78. The second kappa shape index (κ2) is 5.41. The van der Waals surface area contributed by atoms with E-state index in [0.717, 1.165) is 24.5 Å². The first kappa shape index (κ1) is 11.6. The summed E-state index contributed by atoms with van der Waals surface area (Å²) in [4.78, 5) is 0. The summed E-state index contributed by atoms with van der Waals surface area (Å²) in [7, 11) is 0. The molecule has 1 aliphatic rings. The molecule has 0 aromatic heterocycles. The van der Waals surface area contributed by atoms with Crippen molar-refractivity contribution >= 4 is 0 Å². The van der Waals surface area contributed by atoms with Crippen molar-refractivity contribution in [3.63, 3.8) is 0 Å². The van der Waals surface area contributed by atoms with E-state index in [9.17, 15) is 4.39 Å². The fourth-order valence-electron chi connectivity index (χ4n) is 1.70. The number of rotatable bonds is 6. The van der Waals surface area contributed by atoms with Gasteiger partial charge < -0.3 is 10.5 Å². The fourth-order valence-corrected chi connectivity index (χ4v) is 1.70. The Kier molecular flexibility index (Phi) is 3.91. The first-order valence-electron chi connectivity index (χ1n) is 5.84. The zero-order chi connectivity index (χ0) is 11.4. The van der Waals surface area contributed by atoms with Crippen LogP contribution in [0.4, 0.5) is 4.39 Å². The Bertz CT molecular complexity index is 350. The predicted octanol–water partition coefficient (Wildman–Crippen LogP) is 2.60. The molecule has 1 aromatic rings. The van der Waals surface area contributed by atoms with E-state index in [1.807, 2.05) is 0 Å². The second-order valence-corrected chi connectivity index (χ2v) is 4.41. The van der Waals surface area contributed by atoms with Crippen LogP contribution in [-0.4, -0.2) is 6.61 Å². The van der Waals surface area contributed by atoms with Crippen LogP contribution < -0.4 is 5.73 Å². The summed E-state index contributed by atoms with van der Waals surface area (Å²) in [5, 5.41) is 0. The van der Waals surface area contributed by atoms with Crippen LogP contribution in [0.2, 0.25) is 0 Å². The molecule has 2 N–H and O–H groups in total. The minimum Gasteiger partial charge on any atom is -0.377 e. The SMILES string of the molecule is NCc1ccc(F)c(COCCC2CC2)c1. The minimum atomic E-state index is -0.205. The summed E-state index contributed by atoms with van der Waals surface area (Å²) < 4.78 is 18.9. The molecule has 0 bridgehead atoms. The average Bonchev–Trinajstić information content (AvgIpc) is 3.10. The summed E-state index contributed by atoms with van der Waals surface area (Å²) in [6.45, 7) is 1.53. The molecule has 16 heavy (non-hydrogen) atoms. The molecule has 3 heteroatoms. The van der Waals surface area contributed by atoms with Crippen LogP contribution in [-0.2, 0) is 17.9 Å². The first-order chi connectivity index (χ1) is 7.79. The van der Waals surface area contributed by atoms with E-state index < -0.39 is 0 Å². The maximum absolute atomic E-state index is 13.4. The molecule has 0 saturated heterocycles. The van der Waals surface area contributed by atoms with Crippen molar-refractivity contribution in [3.05, 3.63) is 35.1 Å². The van der Waals surface area contributed by atoms with Crippen molar-refractivity contribution < 1.29 is 9.13 Å². The zero-order valence-electron chi connectivity index (χ0n) is 9.42. The van der Waals surface area contributed by atoms with Gasteiger partial charge >= 0.3 is 0 Å². The van der Waals surface area contributed by atoms with Gasteiger partial charge in [0, 0.05) is 18.7 Å². The quantitative estimate of drug-likeness (QED) is 0.752. The Labute approximate surface area is 95.6 Å². The monoisotopic (exact) mass is 223 g/mol. The molecule has 0 unspecified atom stereocenters. The van der Waals surface area contributed by atoms with Gasteiger partial charge in [0.1, 0.15) is 5.82 Å². The van der Waals surface area contributed by atoms with Gasteiger partial charge in [0.05, 0.1) is 6.61 Å². The molecule has 0 radical (unpaired) electrons. The van der Waals surface area contributed by atoms with Crippen LogP contribution in [0.3, 0.4) is 0 Å². The van der Waals surface area contributed by atoms with Crippen LogP contribution in [0.5, 0.6) is 0 Å². The summed E-state index contributed by atoms with van der Waals surface area (Å²) in [5.74, 6) is 0.656. The lowest BCUT2D eigenvalue weighted by molar-refractivity contribution is 0.113. The Morgan fingerprint density at radius 2 is 2.19 bits per heavy atom. The van der Waals surface area contributed by atoms with Crippen LogP contribution >= 0.6 is 0 Å². The van der Waals surface area contributed by atoms with Crippen LogP contribution in [0.15, 0.2) is 18.2 Å². The zero-order valence-corrected chi connectivity index (χ0v) is 9.42. The van der Waals surface area contributed by atoms with Gasteiger partial charge in [-0.3, -0.25) is 0 Å². The van der Waals surface area contributed by atoms with Crippen molar-refractivity contribution in [1.29, 1.82) is 0 Å². The Morgan fingerprint density at radius 1 is 1.38 bits per heavy atom. The molecule has 0 amide bonds. The molecular weight excluding hydrogens is 205 g/mol. The number of benzene rings is 1. The first-order valence-corrected chi connectivity index (χ1v) is 5.84. The fraction of sp³-hybridized carbons (Fsp3) is 0.538. The number of hydrogen-bond acceptors (Lipinski definition) is 2. The molecule has 0 aliphatic heterocycles. The van der Waals surface area contributed by atoms with Gasteiger partial charge in [-0.05, 0) is 30.0 Å². The van der Waals surface area contributed by atoms with Gasteiger partial charge in [-0.25, -0.2) is 4.39 Å². The molecule has 0 atom stereocenters. The highest BCUT2D eigenvalue weighted by Crippen LogP contribution is 2.32. The lowest BCUT2D eigenvalue weighted by Crippen LogP contribution is -2.02. The third-order valence-corrected chi connectivity index (χ3v) is 2.97. The van der Waals surface area contributed by atoms with Crippen molar-refractivity contribution in [2.75, 3.05) is 6.61 Å². The van der Waals surface area contributed by atoms with E-state index in [2.05, 4.69) is 0 Å². The van der Waals surface area contributed by atoms with Crippen molar-refractivity contribution in [2.45, 2.75) is 32.4 Å². The van der Waals surface area contributed by atoms with Crippen LogP contribution in [0, 0.1) is 11.7 Å². The lowest BCUT2D eigenvalue weighted by atomic mass is 10.1. The van der Waals surface area contributed by atoms with Crippen molar-refractivity contribution in [2.24, 2.45) is 11.7 Å². The maximum atomic E-state index is 13.4. The Balaban J connectivity index is 1.81. The topological polar surface area (TPSA) is 35.2 Å². The van der Waals surface area contributed by atoms with E-state index in [-0.39, 0.29) is 5.82 Å². The van der Waals surface area contributed by atoms with Crippen molar-refractivity contribution in [3.8, 4) is 0 Å². The van der Waals surface area contributed by atoms with Gasteiger partial charge in [0.2, 0.25) is 0 Å². The minimum absolute atomic E-state index is 0.205. The molecule has 0 heterocycles. The van der Waals surface area contributed by atoms with Crippen LogP contribution in [0.25, 0.3) is 0 Å². The van der Waals surface area contributed by atoms with E-state index >= 15 is 0 Å². The smallest absolute Gasteiger partial charge is 0.128 e. The normalized spacial score (nSPS) is 15.4. The molecule has 1 fully saturated rings. The molecule has 0 spiro atoms. The highest BCUT2D eigenvalue weighted by Gasteiger charge is 2.20. The average molecular weight is 223 g/mol. The third-order valence-electron chi connectivity index (χ3n) is 2.97. The van der Waals surface area contributed by atoms with Crippen LogP contribution in [0.1, 0.15) is 30.4 Å². The third kappa shape index (κ3) is 3.29. The number of hydrogen-bond donors (Lipinski definition) is 1. The summed E-state index contributed by atoms with van der Waals surface area (Å²) in [6, 6.07) is 4.96. The molecule has 1 aromatic carbocycles. The second-order valence-electron chi connectivity index (χ2n) is 4.41.